The van der Waals surface area contributed by atoms with Gasteiger partial charge in [0.2, 0.25) is 0 Å². The fraction of sp³-hybridized carbons (Fsp3) is 0.556. The first-order chi connectivity index (χ1) is 12.3. The number of fused-ring (bicyclic) bond motifs is 1. The third kappa shape index (κ3) is 3.56. The highest BCUT2D eigenvalue weighted by atomic mass is 16.5. The summed E-state index contributed by atoms with van der Waals surface area (Å²) in [4.78, 5) is 18.8. The maximum absolute atomic E-state index is 12.7. The third-order valence-corrected chi connectivity index (χ3v) is 5.18. The molecule has 1 aliphatic carbocycles. The number of amides is 1. The van der Waals surface area contributed by atoms with E-state index >= 15 is 0 Å². The van der Waals surface area contributed by atoms with Crippen molar-refractivity contribution >= 4 is 5.91 Å². The van der Waals surface area contributed by atoms with Crippen molar-refractivity contribution in [2.45, 2.75) is 38.3 Å². The molecule has 1 saturated carbocycles. The molecule has 0 radical (unpaired) electrons. The van der Waals surface area contributed by atoms with Gasteiger partial charge in [0, 0.05) is 19.3 Å². The van der Waals surface area contributed by atoms with Gasteiger partial charge in [0.25, 0.3) is 5.91 Å². The quantitative estimate of drug-likeness (QED) is 0.832. The van der Waals surface area contributed by atoms with E-state index in [0.717, 1.165) is 12.3 Å². The van der Waals surface area contributed by atoms with E-state index in [0.29, 0.717) is 31.2 Å². The highest BCUT2D eigenvalue weighted by Crippen LogP contribution is 2.26. The standard InChI is InChI=1S/C18H23N5O2/c24-18(15-5-6-20-21-7-15)22-9-16-8-19-13-23(16)17(10-22)12-25-11-14-3-1-2-4-14/h5-8,13-14,17H,1-4,9-12H2/t17-/m1/s1. The van der Waals surface area contributed by atoms with Gasteiger partial charge in [0.05, 0.1) is 49.2 Å². The van der Waals surface area contributed by atoms with Crippen LogP contribution < -0.4 is 0 Å². The van der Waals surface area contributed by atoms with Gasteiger partial charge in [0.15, 0.2) is 0 Å². The molecule has 0 unspecified atom stereocenters. The van der Waals surface area contributed by atoms with E-state index in [1.165, 1.54) is 31.9 Å². The Labute approximate surface area is 147 Å². The topological polar surface area (TPSA) is 73.1 Å². The maximum Gasteiger partial charge on any atom is 0.255 e. The fourth-order valence-corrected chi connectivity index (χ4v) is 3.82. The van der Waals surface area contributed by atoms with Crippen LogP contribution in [0.15, 0.2) is 31.0 Å². The van der Waals surface area contributed by atoms with Crippen molar-refractivity contribution in [3.8, 4) is 0 Å². The summed E-state index contributed by atoms with van der Waals surface area (Å²) < 4.78 is 8.15. The minimum atomic E-state index is -0.0249. The number of hydrogen-bond donors (Lipinski definition) is 0. The Morgan fingerprint density at radius 3 is 2.88 bits per heavy atom. The molecule has 4 rings (SSSR count). The van der Waals surface area contributed by atoms with Crippen molar-refractivity contribution in [1.29, 1.82) is 0 Å². The first kappa shape index (κ1) is 16.2. The second-order valence-corrected chi connectivity index (χ2v) is 6.95. The van der Waals surface area contributed by atoms with E-state index in [1.807, 2.05) is 17.4 Å². The summed E-state index contributed by atoms with van der Waals surface area (Å²) in [6.07, 6.45) is 11.9. The highest BCUT2D eigenvalue weighted by molar-refractivity contribution is 5.93. The van der Waals surface area contributed by atoms with Crippen molar-refractivity contribution in [3.63, 3.8) is 0 Å². The summed E-state index contributed by atoms with van der Waals surface area (Å²) in [5.41, 5.74) is 1.60. The Balaban J connectivity index is 1.43. The minimum absolute atomic E-state index is 0.0249. The van der Waals surface area contributed by atoms with E-state index in [-0.39, 0.29) is 11.9 Å². The second-order valence-electron chi connectivity index (χ2n) is 6.95. The van der Waals surface area contributed by atoms with Crippen LogP contribution in [0.4, 0.5) is 0 Å². The summed E-state index contributed by atoms with van der Waals surface area (Å²) in [5.74, 6) is 0.676. The molecule has 0 N–H and O–H groups in total. The van der Waals surface area contributed by atoms with Crippen molar-refractivity contribution in [2.75, 3.05) is 19.8 Å². The van der Waals surface area contributed by atoms with Crippen LogP contribution in [0.3, 0.4) is 0 Å². The molecule has 132 valence electrons. The maximum atomic E-state index is 12.7. The molecule has 2 aromatic heterocycles. The molecule has 0 saturated heterocycles. The Morgan fingerprint density at radius 1 is 1.20 bits per heavy atom. The van der Waals surface area contributed by atoms with Crippen LogP contribution >= 0.6 is 0 Å². The van der Waals surface area contributed by atoms with Crippen molar-refractivity contribution in [3.05, 3.63) is 42.2 Å². The van der Waals surface area contributed by atoms with Gasteiger partial charge in [-0.1, -0.05) is 12.8 Å². The van der Waals surface area contributed by atoms with Gasteiger partial charge in [0.1, 0.15) is 0 Å². The minimum Gasteiger partial charge on any atom is -0.379 e. The van der Waals surface area contributed by atoms with Crippen LogP contribution in [0, 0.1) is 5.92 Å². The van der Waals surface area contributed by atoms with Crippen LogP contribution in [-0.2, 0) is 11.3 Å². The lowest BCUT2D eigenvalue weighted by Crippen LogP contribution is -2.42. The van der Waals surface area contributed by atoms with Crippen LogP contribution in [-0.4, -0.2) is 50.3 Å². The summed E-state index contributed by atoms with van der Waals surface area (Å²) in [5, 5.41) is 7.55. The molecule has 7 heteroatoms. The molecular weight excluding hydrogens is 318 g/mol. The normalized spacial score (nSPS) is 20.6. The number of carbonyl (C=O) groups excluding carboxylic acids is 1. The largest absolute Gasteiger partial charge is 0.379 e. The number of hydrogen-bond acceptors (Lipinski definition) is 5. The van der Waals surface area contributed by atoms with E-state index in [9.17, 15) is 4.79 Å². The average Bonchev–Trinajstić information content (AvgIpc) is 3.33. The first-order valence-electron chi connectivity index (χ1n) is 8.95. The zero-order chi connectivity index (χ0) is 17.1. The SMILES string of the molecule is O=C(c1ccnnc1)N1Cc2cncn2[C@@H](COCC2CCCC2)C1. The summed E-state index contributed by atoms with van der Waals surface area (Å²) in [6, 6.07) is 1.80. The Morgan fingerprint density at radius 2 is 2.08 bits per heavy atom. The number of aromatic nitrogens is 4. The smallest absolute Gasteiger partial charge is 0.255 e. The summed E-state index contributed by atoms with van der Waals surface area (Å²) in [7, 11) is 0. The van der Waals surface area contributed by atoms with Crippen molar-refractivity contribution in [1.82, 2.24) is 24.6 Å². The van der Waals surface area contributed by atoms with E-state index in [1.54, 1.807) is 12.3 Å². The van der Waals surface area contributed by atoms with Gasteiger partial charge in [-0.3, -0.25) is 4.79 Å². The highest BCUT2D eigenvalue weighted by Gasteiger charge is 2.29. The third-order valence-electron chi connectivity index (χ3n) is 5.18. The molecule has 0 spiro atoms. The number of nitrogens with zero attached hydrogens (tertiary/aromatic N) is 5. The monoisotopic (exact) mass is 341 g/mol. The van der Waals surface area contributed by atoms with Gasteiger partial charge in [-0.05, 0) is 24.8 Å². The van der Waals surface area contributed by atoms with Crippen LogP contribution in [0.25, 0.3) is 0 Å². The van der Waals surface area contributed by atoms with Gasteiger partial charge in [-0.25, -0.2) is 4.98 Å². The van der Waals surface area contributed by atoms with Crippen LogP contribution in [0.2, 0.25) is 0 Å². The molecular formula is C18H23N5O2. The molecule has 0 aromatic carbocycles. The molecule has 1 fully saturated rings. The predicted octanol–water partition coefficient (Wildman–Crippen LogP) is 2.08. The molecule has 1 atom stereocenters. The molecule has 7 nitrogen and oxygen atoms in total. The first-order valence-corrected chi connectivity index (χ1v) is 8.95. The van der Waals surface area contributed by atoms with E-state index < -0.39 is 0 Å². The molecule has 25 heavy (non-hydrogen) atoms. The second kappa shape index (κ2) is 7.31. The average molecular weight is 341 g/mol. The van der Waals surface area contributed by atoms with Crippen molar-refractivity contribution < 1.29 is 9.53 Å². The zero-order valence-electron chi connectivity index (χ0n) is 14.3. The number of rotatable bonds is 5. The summed E-state index contributed by atoms with van der Waals surface area (Å²) in [6.45, 7) is 2.61. The Kier molecular flexibility index (Phi) is 4.74. The number of imidazole rings is 1. The lowest BCUT2D eigenvalue weighted by Gasteiger charge is -2.34. The molecule has 1 aliphatic heterocycles. The fourth-order valence-electron chi connectivity index (χ4n) is 3.82. The Hall–Kier alpha value is -2.28. The molecule has 1 amide bonds. The number of carbonyl (C=O) groups is 1. The zero-order valence-corrected chi connectivity index (χ0v) is 14.3. The van der Waals surface area contributed by atoms with Crippen LogP contribution in [0.5, 0.6) is 0 Å². The van der Waals surface area contributed by atoms with E-state index in [2.05, 4.69) is 19.7 Å². The summed E-state index contributed by atoms with van der Waals surface area (Å²) >= 11 is 0. The number of ether oxygens (including phenoxy) is 1. The van der Waals surface area contributed by atoms with Gasteiger partial charge in [-0.15, -0.1) is 0 Å². The lowest BCUT2D eigenvalue weighted by molar-refractivity contribution is 0.0434. The molecule has 2 aliphatic rings. The van der Waals surface area contributed by atoms with Gasteiger partial charge >= 0.3 is 0 Å². The van der Waals surface area contributed by atoms with Crippen molar-refractivity contribution in [2.24, 2.45) is 5.92 Å². The van der Waals surface area contributed by atoms with Crippen LogP contribution in [0.1, 0.15) is 47.8 Å². The predicted molar refractivity (Wildman–Crippen MR) is 90.8 cm³/mol. The van der Waals surface area contributed by atoms with E-state index in [4.69, 9.17) is 4.74 Å². The molecule has 2 aromatic rings. The lowest BCUT2D eigenvalue weighted by atomic mass is 10.1. The van der Waals surface area contributed by atoms with Gasteiger partial charge < -0.3 is 14.2 Å². The molecule has 0 bridgehead atoms. The Bertz CT molecular complexity index is 711. The van der Waals surface area contributed by atoms with Gasteiger partial charge in [-0.2, -0.15) is 10.2 Å². The molecule has 3 heterocycles.